The Morgan fingerprint density at radius 2 is 2.38 bits per heavy atom. The molecule has 1 aliphatic carbocycles. The fourth-order valence-corrected chi connectivity index (χ4v) is 2.86. The quantitative estimate of drug-likeness (QED) is 0.729. The Labute approximate surface area is 130 Å². The van der Waals surface area contributed by atoms with Crippen LogP contribution in [0.25, 0.3) is 0 Å². The van der Waals surface area contributed by atoms with Gasteiger partial charge >= 0.3 is 6.03 Å². The number of aliphatic hydroxyl groups is 1. The maximum atomic E-state index is 11.9. The topological polar surface area (TPSA) is 74.2 Å². The maximum Gasteiger partial charge on any atom is 0.315 e. The van der Waals surface area contributed by atoms with Crippen LogP contribution in [0, 0.1) is 5.41 Å². The summed E-state index contributed by atoms with van der Waals surface area (Å²) in [6.07, 6.45) is 5.33. The van der Waals surface area contributed by atoms with Gasteiger partial charge in [0.1, 0.15) is 5.15 Å². The lowest BCUT2D eigenvalue weighted by Gasteiger charge is -2.30. The van der Waals surface area contributed by atoms with E-state index in [0.717, 1.165) is 24.8 Å². The second-order valence-corrected chi connectivity index (χ2v) is 6.28. The molecular weight excluding hydrogens is 290 g/mol. The van der Waals surface area contributed by atoms with Gasteiger partial charge < -0.3 is 15.7 Å². The monoisotopic (exact) mass is 311 g/mol. The van der Waals surface area contributed by atoms with Crippen molar-refractivity contribution in [3.05, 3.63) is 29.0 Å². The smallest absolute Gasteiger partial charge is 0.315 e. The standard InChI is InChI=1S/C15H22ClN3O2/c1-15(10-20)7-2-3-12(15)19-14(21)17-8-6-11-4-5-13(16)18-9-11/h4-5,9,12,20H,2-3,6-8,10H2,1H3,(H2,17,19,21). The molecule has 2 amide bonds. The van der Waals surface area contributed by atoms with Gasteiger partial charge in [-0.3, -0.25) is 0 Å². The number of hydrogen-bond donors (Lipinski definition) is 3. The van der Waals surface area contributed by atoms with Gasteiger partial charge in [0.05, 0.1) is 6.61 Å². The van der Waals surface area contributed by atoms with E-state index in [9.17, 15) is 9.90 Å². The highest BCUT2D eigenvalue weighted by atomic mass is 35.5. The van der Waals surface area contributed by atoms with Crippen molar-refractivity contribution in [2.75, 3.05) is 13.2 Å². The lowest BCUT2D eigenvalue weighted by atomic mass is 9.86. The van der Waals surface area contributed by atoms with E-state index in [2.05, 4.69) is 15.6 Å². The number of amides is 2. The maximum absolute atomic E-state index is 11.9. The minimum Gasteiger partial charge on any atom is -0.396 e. The number of nitrogens with one attached hydrogen (secondary N) is 2. The van der Waals surface area contributed by atoms with Crippen LogP contribution >= 0.6 is 11.6 Å². The average molecular weight is 312 g/mol. The first-order valence-electron chi connectivity index (χ1n) is 7.29. The predicted octanol–water partition coefficient (Wildman–Crippen LogP) is 2.13. The van der Waals surface area contributed by atoms with Crippen molar-refractivity contribution in [1.29, 1.82) is 0 Å². The van der Waals surface area contributed by atoms with E-state index in [1.165, 1.54) is 0 Å². The van der Waals surface area contributed by atoms with Crippen LogP contribution in [0.3, 0.4) is 0 Å². The first kappa shape index (κ1) is 16.0. The molecule has 0 spiro atoms. The summed E-state index contributed by atoms with van der Waals surface area (Å²) in [5.41, 5.74) is 0.831. The Hall–Kier alpha value is -1.33. The van der Waals surface area contributed by atoms with Crippen LogP contribution in [-0.2, 0) is 6.42 Å². The molecule has 3 N–H and O–H groups in total. The Bertz CT molecular complexity index is 480. The van der Waals surface area contributed by atoms with Gasteiger partial charge in [0, 0.05) is 24.2 Å². The van der Waals surface area contributed by atoms with E-state index in [-0.39, 0.29) is 24.1 Å². The summed E-state index contributed by atoms with van der Waals surface area (Å²) in [5.74, 6) is 0. The van der Waals surface area contributed by atoms with Gasteiger partial charge in [0.25, 0.3) is 0 Å². The first-order valence-corrected chi connectivity index (χ1v) is 7.67. The van der Waals surface area contributed by atoms with Gasteiger partial charge in [0.15, 0.2) is 0 Å². The molecule has 1 aromatic rings. The Morgan fingerprint density at radius 3 is 3.05 bits per heavy atom. The number of hydrogen-bond acceptors (Lipinski definition) is 3. The van der Waals surface area contributed by atoms with E-state index in [1.54, 1.807) is 12.3 Å². The number of urea groups is 1. The number of halogens is 1. The van der Waals surface area contributed by atoms with Crippen LogP contribution < -0.4 is 10.6 Å². The van der Waals surface area contributed by atoms with Crippen LogP contribution in [0.5, 0.6) is 0 Å². The third-order valence-corrected chi connectivity index (χ3v) is 4.46. The van der Waals surface area contributed by atoms with Crippen LogP contribution in [0.4, 0.5) is 4.79 Å². The molecule has 0 bridgehead atoms. The van der Waals surface area contributed by atoms with Gasteiger partial charge in [-0.2, -0.15) is 0 Å². The molecule has 1 aliphatic rings. The third kappa shape index (κ3) is 4.32. The molecule has 0 radical (unpaired) electrons. The number of aliphatic hydroxyl groups excluding tert-OH is 1. The summed E-state index contributed by atoms with van der Waals surface area (Å²) >= 11 is 5.72. The van der Waals surface area contributed by atoms with E-state index in [1.807, 2.05) is 13.0 Å². The first-order chi connectivity index (χ1) is 10.0. The highest BCUT2D eigenvalue weighted by Crippen LogP contribution is 2.37. The SMILES string of the molecule is CC1(CO)CCCC1NC(=O)NCCc1ccc(Cl)nc1. The zero-order chi connectivity index (χ0) is 15.3. The molecule has 2 unspecified atom stereocenters. The normalized spacial score (nSPS) is 24.8. The number of aromatic nitrogens is 1. The van der Waals surface area contributed by atoms with Crippen LogP contribution in [0.2, 0.25) is 5.15 Å². The van der Waals surface area contributed by atoms with E-state index in [0.29, 0.717) is 18.1 Å². The summed E-state index contributed by atoms with van der Waals surface area (Å²) in [5, 5.41) is 15.7. The molecule has 0 aromatic carbocycles. The fraction of sp³-hybridized carbons (Fsp3) is 0.600. The van der Waals surface area contributed by atoms with Crippen LogP contribution in [0.1, 0.15) is 31.7 Å². The van der Waals surface area contributed by atoms with E-state index < -0.39 is 0 Å². The fourth-order valence-electron chi connectivity index (χ4n) is 2.75. The molecule has 1 aromatic heterocycles. The second-order valence-electron chi connectivity index (χ2n) is 5.90. The Balaban J connectivity index is 1.74. The molecule has 1 heterocycles. The van der Waals surface area contributed by atoms with Crippen molar-refractivity contribution in [3.63, 3.8) is 0 Å². The summed E-state index contributed by atoms with van der Waals surface area (Å²) in [7, 11) is 0. The molecular formula is C15H22ClN3O2. The molecule has 0 aliphatic heterocycles. The van der Waals surface area contributed by atoms with Gasteiger partial charge in [0.2, 0.25) is 0 Å². The number of nitrogens with zero attached hydrogens (tertiary/aromatic N) is 1. The molecule has 2 rings (SSSR count). The van der Waals surface area contributed by atoms with Crippen LogP contribution in [0.15, 0.2) is 18.3 Å². The molecule has 5 nitrogen and oxygen atoms in total. The molecule has 116 valence electrons. The second kappa shape index (κ2) is 7.09. The third-order valence-electron chi connectivity index (χ3n) is 4.24. The van der Waals surface area contributed by atoms with E-state index >= 15 is 0 Å². The summed E-state index contributed by atoms with van der Waals surface area (Å²) < 4.78 is 0. The lowest BCUT2D eigenvalue weighted by Crippen LogP contribution is -2.48. The van der Waals surface area contributed by atoms with Crippen molar-refractivity contribution in [2.24, 2.45) is 5.41 Å². The minimum absolute atomic E-state index is 0.0414. The Morgan fingerprint density at radius 1 is 1.57 bits per heavy atom. The number of carbonyl (C=O) groups is 1. The largest absolute Gasteiger partial charge is 0.396 e. The van der Waals surface area contributed by atoms with E-state index in [4.69, 9.17) is 11.6 Å². The summed E-state index contributed by atoms with van der Waals surface area (Å²) in [6.45, 7) is 2.66. The highest BCUT2D eigenvalue weighted by molar-refractivity contribution is 6.29. The van der Waals surface area contributed by atoms with Crippen molar-refractivity contribution in [3.8, 4) is 0 Å². The number of carbonyl (C=O) groups excluding carboxylic acids is 1. The zero-order valence-corrected chi connectivity index (χ0v) is 13.0. The van der Waals surface area contributed by atoms with Crippen molar-refractivity contribution < 1.29 is 9.90 Å². The summed E-state index contributed by atoms with van der Waals surface area (Å²) in [6, 6.07) is 3.50. The van der Waals surface area contributed by atoms with Crippen molar-refractivity contribution >= 4 is 17.6 Å². The average Bonchev–Trinajstić information content (AvgIpc) is 2.83. The van der Waals surface area contributed by atoms with Gasteiger partial charge in [-0.25, -0.2) is 9.78 Å². The predicted molar refractivity (Wildman–Crippen MR) is 82.3 cm³/mol. The van der Waals surface area contributed by atoms with Gasteiger partial charge in [-0.15, -0.1) is 0 Å². The number of pyridine rings is 1. The van der Waals surface area contributed by atoms with Crippen molar-refractivity contribution in [1.82, 2.24) is 15.6 Å². The zero-order valence-electron chi connectivity index (χ0n) is 12.2. The van der Waals surface area contributed by atoms with Crippen molar-refractivity contribution in [2.45, 2.75) is 38.6 Å². The molecule has 21 heavy (non-hydrogen) atoms. The Kier molecular flexibility index (Phi) is 5.42. The number of rotatable bonds is 5. The van der Waals surface area contributed by atoms with Gasteiger partial charge in [-0.1, -0.05) is 31.0 Å². The minimum atomic E-state index is -0.197. The molecule has 2 atom stereocenters. The van der Waals surface area contributed by atoms with Gasteiger partial charge in [-0.05, 0) is 30.9 Å². The molecule has 1 saturated carbocycles. The summed E-state index contributed by atoms with van der Waals surface area (Å²) in [4.78, 5) is 15.9. The molecule has 1 fully saturated rings. The lowest BCUT2D eigenvalue weighted by molar-refractivity contribution is 0.121. The molecule has 0 saturated heterocycles. The van der Waals surface area contributed by atoms with Crippen LogP contribution in [-0.4, -0.2) is 35.3 Å². The molecule has 6 heteroatoms. The highest BCUT2D eigenvalue weighted by Gasteiger charge is 2.38.